The van der Waals surface area contributed by atoms with Crippen LogP contribution in [0.5, 0.6) is 0 Å². The van der Waals surface area contributed by atoms with Gasteiger partial charge in [-0.1, -0.05) is 11.6 Å². The number of unbranched alkanes of at least 4 members (excludes halogenated alkanes) is 1. The molecular weight excluding hydrogens is 374 g/mol. The van der Waals surface area contributed by atoms with Gasteiger partial charge in [0, 0.05) is 10.1 Å². The molecule has 0 aliphatic heterocycles. The molecule has 0 saturated carbocycles. The number of halogens is 3. The lowest BCUT2D eigenvalue weighted by atomic mass is 10.2. The number of rotatable bonds is 5. The number of benzene rings is 1. The summed E-state index contributed by atoms with van der Waals surface area (Å²) < 4.78 is 1.02. The Morgan fingerprint density at radius 2 is 2.12 bits per heavy atom. The Balaban J connectivity index is 0.00000256. The van der Waals surface area contributed by atoms with Crippen LogP contribution in [0.25, 0.3) is 0 Å². The summed E-state index contributed by atoms with van der Waals surface area (Å²) in [5, 5.41) is 3.30. The summed E-state index contributed by atoms with van der Waals surface area (Å²) >= 11 is 8.13. The quantitative estimate of drug-likeness (QED) is 0.601. The number of carbonyl (C=O) groups excluding carboxylic acids is 1. The van der Waals surface area contributed by atoms with Crippen molar-refractivity contribution in [2.45, 2.75) is 12.8 Å². The Kier molecular flexibility index (Phi) is 8.94. The maximum absolute atomic E-state index is 11.7. The second-order valence-corrected chi connectivity index (χ2v) is 5.03. The molecule has 17 heavy (non-hydrogen) atoms. The zero-order chi connectivity index (χ0) is 12.0. The summed E-state index contributed by atoms with van der Waals surface area (Å²) in [5.41, 5.74) is 5.89. The van der Waals surface area contributed by atoms with E-state index in [1.54, 1.807) is 12.1 Å². The van der Waals surface area contributed by atoms with E-state index in [9.17, 15) is 4.79 Å². The lowest BCUT2D eigenvalue weighted by molar-refractivity contribution is 0.0953. The van der Waals surface area contributed by atoms with Crippen molar-refractivity contribution in [1.82, 2.24) is 5.32 Å². The molecule has 0 atom stereocenters. The van der Waals surface area contributed by atoms with Crippen molar-refractivity contribution in [2.75, 3.05) is 13.1 Å². The third kappa shape index (κ3) is 5.90. The van der Waals surface area contributed by atoms with Crippen LogP contribution in [0.2, 0.25) is 5.02 Å². The summed E-state index contributed by atoms with van der Waals surface area (Å²) in [6.07, 6.45) is 1.81. The van der Waals surface area contributed by atoms with E-state index in [0.29, 0.717) is 23.7 Å². The van der Waals surface area contributed by atoms with Crippen molar-refractivity contribution in [1.29, 1.82) is 0 Å². The normalized spacial score (nSPS) is 9.59. The first-order valence-electron chi connectivity index (χ1n) is 5.08. The van der Waals surface area contributed by atoms with Crippen LogP contribution in [0, 0.1) is 3.57 Å². The van der Waals surface area contributed by atoms with Gasteiger partial charge in [0.1, 0.15) is 0 Å². The maximum Gasteiger partial charge on any atom is 0.252 e. The number of amides is 1. The molecule has 0 aliphatic carbocycles. The molecule has 96 valence electrons. The molecule has 0 saturated heterocycles. The van der Waals surface area contributed by atoms with E-state index in [2.05, 4.69) is 27.9 Å². The fourth-order valence-electron chi connectivity index (χ4n) is 1.24. The average molecular weight is 389 g/mol. The van der Waals surface area contributed by atoms with Gasteiger partial charge in [-0.05, 0) is 60.2 Å². The van der Waals surface area contributed by atoms with E-state index >= 15 is 0 Å². The molecule has 0 unspecified atom stereocenters. The molecule has 0 spiro atoms. The number of nitrogens with two attached hydrogens (primary N) is 1. The van der Waals surface area contributed by atoms with Crippen LogP contribution in [0.3, 0.4) is 0 Å². The Morgan fingerprint density at radius 3 is 2.71 bits per heavy atom. The zero-order valence-electron chi connectivity index (χ0n) is 9.21. The SMILES string of the molecule is Cl.NCCCCNC(=O)c1ccc(I)cc1Cl. The van der Waals surface area contributed by atoms with E-state index in [4.69, 9.17) is 17.3 Å². The highest BCUT2D eigenvalue weighted by Crippen LogP contribution is 2.18. The van der Waals surface area contributed by atoms with Crippen LogP contribution in [-0.4, -0.2) is 19.0 Å². The van der Waals surface area contributed by atoms with Gasteiger partial charge in [-0.15, -0.1) is 12.4 Å². The molecule has 3 N–H and O–H groups in total. The average Bonchev–Trinajstić information content (AvgIpc) is 2.24. The highest BCUT2D eigenvalue weighted by Gasteiger charge is 2.09. The van der Waals surface area contributed by atoms with Gasteiger partial charge >= 0.3 is 0 Å². The fraction of sp³-hybridized carbons (Fsp3) is 0.364. The van der Waals surface area contributed by atoms with Crippen molar-refractivity contribution < 1.29 is 4.79 Å². The van der Waals surface area contributed by atoms with Crippen LogP contribution in [0.15, 0.2) is 18.2 Å². The van der Waals surface area contributed by atoms with Crippen molar-refractivity contribution in [3.63, 3.8) is 0 Å². The monoisotopic (exact) mass is 388 g/mol. The standard InChI is InChI=1S/C11H14ClIN2O.ClH/c12-10-7-8(13)3-4-9(10)11(16)15-6-2-1-5-14;/h3-4,7H,1-2,5-6,14H2,(H,15,16);1H. The van der Waals surface area contributed by atoms with Crippen molar-refractivity contribution in [3.05, 3.63) is 32.4 Å². The first-order valence-corrected chi connectivity index (χ1v) is 6.54. The molecule has 1 aromatic rings. The van der Waals surface area contributed by atoms with Gasteiger partial charge in [-0.3, -0.25) is 4.79 Å². The Hall–Kier alpha value is -0.0400. The van der Waals surface area contributed by atoms with Gasteiger partial charge in [-0.25, -0.2) is 0 Å². The van der Waals surface area contributed by atoms with Crippen molar-refractivity contribution >= 4 is 52.5 Å². The van der Waals surface area contributed by atoms with Crippen LogP contribution in [-0.2, 0) is 0 Å². The molecule has 0 aliphatic rings. The summed E-state index contributed by atoms with van der Waals surface area (Å²) in [5.74, 6) is -0.126. The summed E-state index contributed by atoms with van der Waals surface area (Å²) in [6.45, 7) is 1.29. The number of nitrogens with one attached hydrogen (secondary N) is 1. The molecule has 0 fully saturated rings. The number of hydrogen-bond acceptors (Lipinski definition) is 2. The van der Waals surface area contributed by atoms with E-state index < -0.39 is 0 Å². The first kappa shape index (κ1) is 17.0. The minimum absolute atomic E-state index is 0. The van der Waals surface area contributed by atoms with Crippen LogP contribution in [0.4, 0.5) is 0 Å². The predicted molar refractivity (Wildman–Crippen MR) is 82.0 cm³/mol. The molecule has 0 aromatic heterocycles. The Labute approximate surface area is 126 Å². The van der Waals surface area contributed by atoms with Gasteiger partial charge in [0.05, 0.1) is 10.6 Å². The molecular formula is C11H15Cl2IN2O. The lowest BCUT2D eigenvalue weighted by Crippen LogP contribution is -2.25. The third-order valence-corrected chi connectivity index (χ3v) is 3.08. The Morgan fingerprint density at radius 1 is 1.41 bits per heavy atom. The van der Waals surface area contributed by atoms with Crippen LogP contribution < -0.4 is 11.1 Å². The molecule has 6 heteroatoms. The highest BCUT2D eigenvalue weighted by molar-refractivity contribution is 14.1. The number of hydrogen-bond donors (Lipinski definition) is 2. The fourth-order valence-corrected chi connectivity index (χ4v) is 2.18. The molecule has 1 amide bonds. The molecule has 0 bridgehead atoms. The van der Waals surface area contributed by atoms with Gasteiger partial charge < -0.3 is 11.1 Å². The second kappa shape index (κ2) is 8.97. The minimum atomic E-state index is -0.126. The van der Waals surface area contributed by atoms with Gasteiger partial charge in [-0.2, -0.15) is 0 Å². The maximum atomic E-state index is 11.7. The van der Waals surface area contributed by atoms with E-state index in [-0.39, 0.29) is 18.3 Å². The van der Waals surface area contributed by atoms with E-state index in [1.807, 2.05) is 6.07 Å². The summed E-state index contributed by atoms with van der Waals surface area (Å²) in [7, 11) is 0. The minimum Gasteiger partial charge on any atom is -0.352 e. The second-order valence-electron chi connectivity index (χ2n) is 3.38. The third-order valence-electron chi connectivity index (χ3n) is 2.09. The zero-order valence-corrected chi connectivity index (χ0v) is 12.9. The van der Waals surface area contributed by atoms with E-state index in [0.717, 1.165) is 16.4 Å². The smallest absolute Gasteiger partial charge is 0.252 e. The van der Waals surface area contributed by atoms with E-state index in [1.165, 1.54) is 0 Å². The first-order chi connectivity index (χ1) is 7.65. The predicted octanol–water partition coefficient (Wildman–Crippen LogP) is 2.84. The number of carbonyl (C=O) groups is 1. The summed E-state index contributed by atoms with van der Waals surface area (Å²) in [4.78, 5) is 11.7. The molecule has 1 rings (SSSR count). The Bertz CT molecular complexity index is 374. The molecule has 0 heterocycles. The van der Waals surface area contributed by atoms with Gasteiger partial charge in [0.15, 0.2) is 0 Å². The van der Waals surface area contributed by atoms with Crippen molar-refractivity contribution in [2.24, 2.45) is 5.73 Å². The largest absolute Gasteiger partial charge is 0.352 e. The lowest BCUT2D eigenvalue weighted by Gasteiger charge is -2.06. The van der Waals surface area contributed by atoms with Gasteiger partial charge in [0.2, 0.25) is 0 Å². The molecule has 3 nitrogen and oxygen atoms in total. The molecule has 0 radical (unpaired) electrons. The van der Waals surface area contributed by atoms with Crippen LogP contribution >= 0.6 is 46.6 Å². The van der Waals surface area contributed by atoms with Crippen LogP contribution in [0.1, 0.15) is 23.2 Å². The topological polar surface area (TPSA) is 55.1 Å². The van der Waals surface area contributed by atoms with Crippen molar-refractivity contribution in [3.8, 4) is 0 Å². The molecule has 1 aromatic carbocycles. The summed E-state index contributed by atoms with van der Waals surface area (Å²) in [6, 6.07) is 5.38. The van der Waals surface area contributed by atoms with Gasteiger partial charge in [0.25, 0.3) is 5.91 Å². The highest BCUT2D eigenvalue weighted by atomic mass is 127.